The van der Waals surface area contributed by atoms with Gasteiger partial charge in [0.05, 0.1) is 0 Å². The van der Waals surface area contributed by atoms with Gasteiger partial charge in [-0.05, 0) is 44.9 Å². The highest BCUT2D eigenvalue weighted by atomic mass is 14.2. The molecule has 1 saturated carbocycles. The molecule has 0 spiro atoms. The Bertz CT molecular complexity index is 163. The van der Waals surface area contributed by atoms with Crippen LogP contribution in [0.5, 0.6) is 0 Å². The Morgan fingerprint density at radius 1 is 1.64 bits per heavy atom. The molecule has 0 aromatic carbocycles. The van der Waals surface area contributed by atoms with Crippen LogP contribution < -0.4 is 0 Å². The van der Waals surface area contributed by atoms with Crippen LogP contribution in [0.15, 0.2) is 24.3 Å². The van der Waals surface area contributed by atoms with Crippen molar-refractivity contribution >= 4 is 0 Å². The van der Waals surface area contributed by atoms with E-state index in [0.717, 1.165) is 5.92 Å². The highest BCUT2D eigenvalue weighted by Crippen LogP contribution is 2.30. The maximum atomic E-state index is 4.04. The average molecular weight is 150 g/mol. The van der Waals surface area contributed by atoms with Crippen molar-refractivity contribution < 1.29 is 0 Å². The van der Waals surface area contributed by atoms with Crippen molar-refractivity contribution in [1.82, 2.24) is 0 Å². The molecule has 62 valence electrons. The van der Waals surface area contributed by atoms with E-state index in [1.165, 1.54) is 43.3 Å². The molecule has 0 aromatic rings. The summed E-state index contributed by atoms with van der Waals surface area (Å²) in [7, 11) is 0. The highest BCUT2D eigenvalue weighted by molar-refractivity contribution is 5.02. The van der Waals surface area contributed by atoms with Gasteiger partial charge in [-0.15, -0.1) is 6.58 Å². The molecule has 0 aromatic heterocycles. The Kier molecular flexibility index (Phi) is 2.92. The molecule has 0 nitrogen and oxygen atoms in total. The smallest absolute Gasteiger partial charge is 0.0291 e. The Hall–Kier alpha value is -0.520. The normalized spacial score (nSPS) is 25.2. The minimum absolute atomic E-state index is 0.855. The second kappa shape index (κ2) is 3.75. The molecular formula is C11H18. The minimum atomic E-state index is 0.855. The average Bonchev–Trinajstić information content (AvgIpc) is 1.85. The van der Waals surface area contributed by atoms with Crippen LogP contribution in [-0.2, 0) is 0 Å². The molecule has 0 heterocycles. The lowest BCUT2D eigenvalue weighted by Gasteiger charge is -2.23. The van der Waals surface area contributed by atoms with Crippen molar-refractivity contribution in [3.8, 4) is 0 Å². The third-order valence-electron chi connectivity index (χ3n) is 2.36. The van der Waals surface area contributed by atoms with E-state index in [1.807, 2.05) is 0 Å². The van der Waals surface area contributed by atoms with Crippen molar-refractivity contribution in [3.63, 3.8) is 0 Å². The molecule has 1 unspecified atom stereocenters. The second-order valence-electron chi connectivity index (χ2n) is 3.87. The first-order valence-corrected chi connectivity index (χ1v) is 4.49. The molecule has 1 aliphatic rings. The van der Waals surface area contributed by atoms with Gasteiger partial charge in [-0.25, -0.2) is 0 Å². The standard InChI is InChI=1S/C11H18/c1-9(2)7-11-6-4-5-10(3)8-11/h11H,1,3-8H2,2H3. The SMILES string of the molecule is C=C(C)CC1CCCC(=C)C1. The number of allylic oxidation sites excluding steroid dienone is 2. The number of hydrogen-bond acceptors (Lipinski definition) is 0. The predicted octanol–water partition coefficient (Wildman–Crippen LogP) is 3.70. The van der Waals surface area contributed by atoms with E-state index in [9.17, 15) is 0 Å². The first-order valence-electron chi connectivity index (χ1n) is 4.49. The zero-order chi connectivity index (χ0) is 8.27. The summed E-state index contributed by atoms with van der Waals surface area (Å²) in [6.45, 7) is 10.1. The van der Waals surface area contributed by atoms with Crippen LogP contribution in [0.3, 0.4) is 0 Å². The summed E-state index contributed by atoms with van der Waals surface area (Å²) < 4.78 is 0. The van der Waals surface area contributed by atoms with Crippen molar-refractivity contribution in [3.05, 3.63) is 24.3 Å². The molecule has 1 fully saturated rings. The van der Waals surface area contributed by atoms with Crippen LogP contribution in [0.1, 0.15) is 39.0 Å². The van der Waals surface area contributed by atoms with Gasteiger partial charge in [-0.1, -0.05) is 17.7 Å². The van der Waals surface area contributed by atoms with E-state index in [0.29, 0.717) is 0 Å². The molecule has 0 amide bonds. The van der Waals surface area contributed by atoms with Gasteiger partial charge in [-0.3, -0.25) is 0 Å². The maximum Gasteiger partial charge on any atom is -0.0291 e. The Labute approximate surface area is 70.0 Å². The Morgan fingerprint density at radius 3 is 2.91 bits per heavy atom. The number of hydrogen-bond donors (Lipinski definition) is 0. The second-order valence-corrected chi connectivity index (χ2v) is 3.87. The number of rotatable bonds is 2. The Morgan fingerprint density at radius 2 is 2.36 bits per heavy atom. The van der Waals surface area contributed by atoms with E-state index >= 15 is 0 Å². The summed E-state index contributed by atoms with van der Waals surface area (Å²) in [6, 6.07) is 0. The van der Waals surface area contributed by atoms with Crippen molar-refractivity contribution in [2.24, 2.45) is 5.92 Å². The molecule has 0 heteroatoms. The molecule has 0 aliphatic heterocycles. The van der Waals surface area contributed by atoms with Crippen LogP contribution in [0, 0.1) is 5.92 Å². The van der Waals surface area contributed by atoms with Crippen LogP contribution in [0.2, 0.25) is 0 Å². The molecule has 1 aliphatic carbocycles. The third-order valence-corrected chi connectivity index (χ3v) is 2.36. The summed E-state index contributed by atoms with van der Waals surface area (Å²) in [5.41, 5.74) is 2.77. The molecule has 0 radical (unpaired) electrons. The van der Waals surface area contributed by atoms with E-state index in [1.54, 1.807) is 0 Å². The van der Waals surface area contributed by atoms with Crippen molar-refractivity contribution in [1.29, 1.82) is 0 Å². The van der Waals surface area contributed by atoms with Crippen LogP contribution >= 0.6 is 0 Å². The summed E-state index contributed by atoms with van der Waals surface area (Å²) >= 11 is 0. The molecule has 1 atom stereocenters. The summed E-state index contributed by atoms with van der Waals surface area (Å²) in [5, 5.41) is 0. The van der Waals surface area contributed by atoms with Gasteiger partial charge in [0.2, 0.25) is 0 Å². The van der Waals surface area contributed by atoms with Crippen molar-refractivity contribution in [2.45, 2.75) is 39.0 Å². The van der Waals surface area contributed by atoms with Crippen LogP contribution in [0.25, 0.3) is 0 Å². The molecule has 11 heavy (non-hydrogen) atoms. The lowest BCUT2D eigenvalue weighted by molar-refractivity contribution is 0.416. The van der Waals surface area contributed by atoms with Gasteiger partial charge in [0.25, 0.3) is 0 Å². The lowest BCUT2D eigenvalue weighted by atomic mass is 9.83. The predicted molar refractivity (Wildman–Crippen MR) is 50.5 cm³/mol. The summed E-state index contributed by atoms with van der Waals surface area (Å²) in [5.74, 6) is 0.855. The zero-order valence-electron chi connectivity index (χ0n) is 7.53. The zero-order valence-corrected chi connectivity index (χ0v) is 7.53. The minimum Gasteiger partial charge on any atom is -0.100 e. The molecule has 0 saturated heterocycles. The molecule has 0 bridgehead atoms. The van der Waals surface area contributed by atoms with Crippen molar-refractivity contribution in [2.75, 3.05) is 0 Å². The van der Waals surface area contributed by atoms with E-state index < -0.39 is 0 Å². The summed E-state index contributed by atoms with van der Waals surface area (Å²) in [6.07, 6.45) is 6.43. The first kappa shape index (κ1) is 8.58. The Balaban J connectivity index is 2.34. The van der Waals surface area contributed by atoms with E-state index in [2.05, 4.69) is 20.1 Å². The van der Waals surface area contributed by atoms with Gasteiger partial charge in [0, 0.05) is 0 Å². The fourth-order valence-corrected chi connectivity index (χ4v) is 1.92. The molecule has 0 N–H and O–H groups in total. The summed E-state index contributed by atoms with van der Waals surface area (Å²) in [4.78, 5) is 0. The van der Waals surface area contributed by atoms with E-state index in [4.69, 9.17) is 0 Å². The molecular weight excluding hydrogens is 132 g/mol. The largest absolute Gasteiger partial charge is 0.100 e. The van der Waals surface area contributed by atoms with Gasteiger partial charge < -0.3 is 0 Å². The van der Waals surface area contributed by atoms with Crippen LogP contribution in [0.4, 0.5) is 0 Å². The van der Waals surface area contributed by atoms with Gasteiger partial charge in [-0.2, -0.15) is 0 Å². The van der Waals surface area contributed by atoms with Gasteiger partial charge in [0.1, 0.15) is 0 Å². The molecule has 1 rings (SSSR count). The highest BCUT2D eigenvalue weighted by Gasteiger charge is 2.15. The maximum absolute atomic E-state index is 4.04. The fraction of sp³-hybridized carbons (Fsp3) is 0.636. The quantitative estimate of drug-likeness (QED) is 0.526. The van der Waals surface area contributed by atoms with E-state index in [-0.39, 0.29) is 0 Å². The fourth-order valence-electron chi connectivity index (χ4n) is 1.92. The van der Waals surface area contributed by atoms with Gasteiger partial charge >= 0.3 is 0 Å². The van der Waals surface area contributed by atoms with Crippen LogP contribution in [-0.4, -0.2) is 0 Å². The monoisotopic (exact) mass is 150 g/mol. The first-order chi connectivity index (χ1) is 5.18. The lowest BCUT2D eigenvalue weighted by Crippen LogP contribution is -2.07. The van der Waals surface area contributed by atoms with Gasteiger partial charge in [0.15, 0.2) is 0 Å². The third kappa shape index (κ3) is 2.92. The topological polar surface area (TPSA) is 0 Å².